The van der Waals surface area contributed by atoms with Crippen LogP contribution in [0.2, 0.25) is 0 Å². The summed E-state index contributed by atoms with van der Waals surface area (Å²) in [6.45, 7) is 4.33. The molecule has 4 nitrogen and oxygen atoms in total. The molecule has 0 saturated heterocycles. The zero-order valence-corrected chi connectivity index (χ0v) is 13.6. The van der Waals surface area contributed by atoms with Gasteiger partial charge < -0.3 is 5.32 Å². The highest BCUT2D eigenvalue weighted by Gasteiger charge is 2.19. The highest BCUT2D eigenvalue weighted by Crippen LogP contribution is 2.24. The molecule has 1 aliphatic rings. The van der Waals surface area contributed by atoms with E-state index in [1.54, 1.807) is 12.1 Å². The Morgan fingerprint density at radius 3 is 2.71 bits per heavy atom. The molecule has 1 aromatic rings. The summed E-state index contributed by atoms with van der Waals surface area (Å²) in [4.78, 5) is 0.372. The Hall–Kier alpha value is -0.910. The molecule has 2 N–H and O–H groups in total. The van der Waals surface area contributed by atoms with Gasteiger partial charge in [-0.05, 0) is 49.4 Å². The number of hydrogen-bond donors (Lipinski definition) is 2. The van der Waals surface area contributed by atoms with Crippen LogP contribution in [-0.4, -0.2) is 21.5 Å². The van der Waals surface area contributed by atoms with Gasteiger partial charge in [0.15, 0.2) is 0 Å². The van der Waals surface area contributed by atoms with Gasteiger partial charge in [-0.3, -0.25) is 0 Å². The molecule has 0 heterocycles. The predicted octanol–water partition coefficient (Wildman–Crippen LogP) is 2.65. The van der Waals surface area contributed by atoms with E-state index in [2.05, 4.69) is 17.0 Å². The quantitative estimate of drug-likeness (QED) is 0.726. The maximum absolute atomic E-state index is 12.3. The topological polar surface area (TPSA) is 58.2 Å². The summed E-state index contributed by atoms with van der Waals surface area (Å²) in [5.74, 6) is 0.508. The second kappa shape index (κ2) is 7.92. The van der Waals surface area contributed by atoms with E-state index in [4.69, 9.17) is 0 Å². The molecule has 1 saturated carbocycles. The average Bonchev–Trinajstić information content (AvgIpc) is 2.99. The van der Waals surface area contributed by atoms with Crippen molar-refractivity contribution in [3.05, 3.63) is 29.8 Å². The minimum Gasteiger partial charge on any atom is -0.313 e. The highest BCUT2D eigenvalue weighted by atomic mass is 32.2. The zero-order chi connectivity index (χ0) is 15.1. The fraction of sp³-hybridized carbons (Fsp3) is 0.625. The van der Waals surface area contributed by atoms with E-state index in [0.717, 1.165) is 31.4 Å². The normalized spacial score (nSPS) is 16.4. The first-order valence-electron chi connectivity index (χ1n) is 7.91. The minimum absolute atomic E-state index is 0.372. The van der Waals surface area contributed by atoms with Crippen molar-refractivity contribution in [3.8, 4) is 0 Å². The van der Waals surface area contributed by atoms with E-state index in [-0.39, 0.29) is 0 Å². The lowest BCUT2D eigenvalue weighted by molar-refractivity contribution is 0.519. The van der Waals surface area contributed by atoms with Crippen LogP contribution in [0.4, 0.5) is 0 Å². The van der Waals surface area contributed by atoms with E-state index in [9.17, 15) is 8.42 Å². The van der Waals surface area contributed by atoms with Gasteiger partial charge in [0.2, 0.25) is 10.0 Å². The molecule has 0 spiro atoms. The van der Waals surface area contributed by atoms with Gasteiger partial charge >= 0.3 is 0 Å². The number of rotatable bonds is 8. The maximum atomic E-state index is 12.3. The molecule has 0 aromatic heterocycles. The molecular weight excluding hydrogens is 284 g/mol. The molecule has 2 rings (SSSR count). The Morgan fingerprint density at radius 2 is 2.00 bits per heavy atom. The van der Waals surface area contributed by atoms with Crippen LogP contribution in [0, 0.1) is 5.92 Å². The summed E-state index contributed by atoms with van der Waals surface area (Å²) in [5.41, 5.74) is 1.01. The van der Waals surface area contributed by atoms with Gasteiger partial charge in [0.1, 0.15) is 0 Å². The SMILES string of the molecule is CCCNCc1cccc(S(=O)(=O)NCC2CCCC2)c1. The van der Waals surface area contributed by atoms with Gasteiger partial charge in [-0.1, -0.05) is 31.9 Å². The lowest BCUT2D eigenvalue weighted by Gasteiger charge is -2.12. The third-order valence-electron chi connectivity index (χ3n) is 4.00. The monoisotopic (exact) mass is 310 g/mol. The van der Waals surface area contributed by atoms with Crippen LogP contribution in [0.5, 0.6) is 0 Å². The van der Waals surface area contributed by atoms with Crippen LogP contribution in [0.25, 0.3) is 0 Å². The molecule has 1 aromatic carbocycles. The van der Waals surface area contributed by atoms with Crippen molar-refractivity contribution in [1.82, 2.24) is 10.0 Å². The summed E-state index contributed by atoms with van der Waals surface area (Å²) >= 11 is 0. The van der Waals surface area contributed by atoms with Crippen LogP contribution < -0.4 is 10.0 Å². The number of sulfonamides is 1. The minimum atomic E-state index is -3.38. The van der Waals surface area contributed by atoms with Crippen molar-refractivity contribution in [1.29, 1.82) is 0 Å². The molecule has 0 amide bonds. The molecular formula is C16H26N2O2S. The first-order valence-corrected chi connectivity index (χ1v) is 9.39. The summed E-state index contributed by atoms with van der Waals surface area (Å²) in [5, 5.41) is 3.29. The summed E-state index contributed by atoms with van der Waals surface area (Å²) in [6.07, 6.45) is 5.81. The Morgan fingerprint density at radius 1 is 1.24 bits per heavy atom. The smallest absolute Gasteiger partial charge is 0.240 e. The Bertz CT molecular complexity index is 537. The van der Waals surface area contributed by atoms with E-state index in [0.29, 0.717) is 23.9 Å². The van der Waals surface area contributed by atoms with E-state index < -0.39 is 10.0 Å². The second-order valence-corrected chi connectivity index (χ2v) is 7.59. The van der Waals surface area contributed by atoms with Gasteiger partial charge in [0.05, 0.1) is 4.90 Å². The van der Waals surface area contributed by atoms with Crippen molar-refractivity contribution < 1.29 is 8.42 Å². The molecule has 118 valence electrons. The summed E-state index contributed by atoms with van der Waals surface area (Å²) < 4.78 is 27.4. The van der Waals surface area contributed by atoms with Gasteiger partial charge in [-0.25, -0.2) is 13.1 Å². The predicted molar refractivity (Wildman–Crippen MR) is 85.6 cm³/mol. The molecule has 1 fully saturated rings. The van der Waals surface area contributed by atoms with Crippen LogP contribution in [0.3, 0.4) is 0 Å². The lowest BCUT2D eigenvalue weighted by Crippen LogP contribution is -2.28. The van der Waals surface area contributed by atoms with E-state index in [1.807, 2.05) is 12.1 Å². The molecule has 0 aliphatic heterocycles. The van der Waals surface area contributed by atoms with Crippen LogP contribution >= 0.6 is 0 Å². The molecule has 1 aliphatic carbocycles. The van der Waals surface area contributed by atoms with Gasteiger partial charge in [-0.15, -0.1) is 0 Å². The maximum Gasteiger partial charge on any atom is 0.240 e. The molecule has 0 bridgehead atoms. The Kier molecular flexibility index (Phi) is 6.21. The van der Waals surface area contributed by atoms with Crippen molar-refractivity contribution in [2.75, 3.05) is 13.1 Å². The molecule has 21 heavy (non-hydrogen) atoms. The van der Waals surface area contributed by atoms with E-state index >= 15 is 0 Å². The third kappa shape index (κ3) is 5.09. The Labute approximate surface area is 128 Å². The zero-order valence-electron chi connectivity index (χ0n) is 12.8. The fourth-order valence-corrected chi connectivity index (χ4v) is 3.94. The lowest BCUT2D eigenvalue weighted by atomic mass is 10.1. The number of nitrogens with one attached hydrogen (secondary N) is 2. The first kappa shape index (κ1) is 16.5. The van der Waals surface area contributed by atoms with Gasteiger partial charge in [0.25, 0.3) is 0 Å². The summed E-state index contributed by atoms with van der Waals surface area (Å²) in [6, 6.07) is 7.20. The fourth-order valence-electron chi connectivity index (χ4n) is 2.76. The highest BCUT2D eigenvalue weighted by molar-refractivity contribution is 7.89. The molecule has 5 heteroatoms. The van der Waals surface area contributed by atoms with E-state index in [1.165, 1.54) is 12.8 Å². The van der Waals surface area contributed by atoms with Gasteiger partial charge in [-0.2, -0.15) is 0 Å². The number of benzene rings is 1. The van der Waals surface area contributed by atoms with Crippen molar-refractivity contribution in [2.24, 2.45) is 5.92 Å². The molecule has 0 atom stereocenters. The van der Waals surface area contributed by atoms with Crippen LogP contribution in [0.1, 0.15) is 44.6 Å². The third-order valence-corrected chi connectivity index (χ3v) is 5.42. The van der Waals surface area contributed by atoms with Crippen molar-refractivity contribution >= 4 is 10.0 Å². The standard InChI is InChI=1S/C16H26N2O2S/c1-2-10-17-12-15-8-5-9-16(11-15)21(19,20)18-13-14-6-3-4-7-14/h5,8-9,11,14,17-18H,2-4,6-7,10,12-13H2,1H3. The molecule has 0 unspecified atom stereocenters. The van der Waals surface area contributed by atoms with Crippen LogP contribution in [0.15, 0.2) is 29.2 Å². The largest absolute Gasteiger partial charge is 0.313 e. The van der Waals surface area contributed by atoms with Crippen molar-refractivity contribution in [2.45, 2.75) is 50.5 Å². The number of hydrogen-bond acceptors (Lipinski definition) is 3. The second-order valence-electron chi connectivity index (χ2n) is 5.83. The first-order chi connectivity index (χ1) is 10.1. The summed E-state index contributed by atoms with van der Waals surface area (Å²) in [7, 11) is -3.38. The Balaban J connectivity index is 1.96. The molecule has 0 radical (unpaired) electrons. The van der Waals surface area contributed by atoms with Crippen molar-refractivity contribution in [3.63, 3.8) is 0 Å². The van der Waals surface area contributed by atoms with Gasteiger partial charge in [0, 0.05) is 13.1 Å². The average molecular weight is 310 g/mol. The van der Waals surface area contributed by atoms with Crippen LogP contribution in [-0.2, 0) is 16.6 Å².